The molecule has 1 amide bonds. The topological polar surface area (TPSA) is 50.7 Å². The molecule has 4 nitrogen and oxygen atoms in total. The van der Waals surface area contributed by atoms with E-state index in [2.05, 4.69) is 26.1 Å². The second kappa shape index (κ2) is 12.2. The van der Waals surface area contributed by atoms with Crippen LogP contribution in [-0.4, -0.2) is 12.1 Å². The number of carbonyl (C=O) groups excluding carboxylic acids is 1. The molecular weight excluding hydrogens is 559 g/mol. The molecule has 1 atom stereocenters. The van der Waals surface area contributed by atoms with Gasteiger partial charge in [0.25, 0.3) is 5.91 Å². The van der Waals surface area contributed by atoms with Crippen LogP contribution in [0.1, 0.15) is 59.1 Å². The Morgan fingerprint density at radius 2 is 1.82 bits per heavy atom. The Morgan fingerprint density at radius 1 is 1.07 bits per heavy atom. The van der Waals surface area contributed by atoms with Crippen molar-refractivity contribution in [3.63, 3.8) is 0 Å². The van der Waals surface area contributed by atoms with Crippen molar-refractivity contribution in [2.24, 2.45) is 16.3 Å². The predicted octanol–water partition coefficient (Wildman–Crippen LogP) is 9.79. The van der Waals surface area contributed by atoms with E-state index in [1.807, 2.05) is 66.7 Å². The molecule has 1 N–H and O–H groups in total. The number of benzene rings is 3. The zero-order chi connectivity index (χ0) is 28.3. The summed E-state index contributed by atoms with van der Waals surface area (Å²) in [7, 11) is 0. The van der Waals surface area contributed by atoms with Gasteiger partial charge in [-0.2, -0.15) is 0 Å². The first kappa shape index (κ1) is 28.4. The predicted molar refractivity (Wildman–Crippen MR) is 168 cm³/mol. The second-order valence-electron chi connectivity index (χ2n) is 11.1. The average Bonchev–Trinajstić information content (AvgIpc) is 3.30. The van der Waals surface area contributed by atoms with Gasteiger partial charge in [-0.25, -0.2) is 4.99 Å². The number of nitrogens with one attached hydrogen (secondary N) is 1. The summed E-state index contributed by atoms with van der Waals surface area (Å²) in [5, 5.41) is 5.00. The molecule has 0 radical (unpaired) electrons. The highest BCUT2D eigenvalue weighted by atomic mass is 35.5. The Labute approximate surface area is 250 Å². The van der Waals surface area contributed by atoms with E-state index in [1.54, 1.807) is 23.6 Å². The molecule has 1 heterocycles. The minimum Gasteiger partial charge on any atom is -0.488 e. The van der Waals surface area contributed by atoms with Gasteiger partial charge in [0.2, 0.25) is 0 Å². The van der Waals surface area contributed by atoms with E-state index in [1.165, 1.54) is 4.88 Å². The fourth-order valence-corrected chi connectivity index (χ4v) is 6.64. The molecule has 206 valence electrons. The highest BCUT2D eigenvalue weighted by Gasteiger charge is 2.33. The van der Waals surface area contributed by atoms with Crippen molar-refractivity contribution in [2.45, 2.75) is 46.6 Å². The average molecular weight is 592 g/mol. The number of nitrogens with zero attached hydrogens (tertiary/aromatic N) is 1. The van der Waals surface area contributed by atoms with Crippen LogP contribution in [0, 0.1) is 11.3 Å². The third-order valence-electron chi connectivity index (χ3n) is 7.36. The maximum absolute atomic E-state index is 13.6. The van der Waals surface area contributed by atoms with Crippen LogP contribution in [0.3, 0.4) is 0 Å². The summed E-state index contributed by atoms with van der Waals surface area (Å²) in [6.45, 7) is 7.19. The third-order valence-corrected chi connectivity index (χ3v) is 9.13. The zero-order valence-electron chi connectivity index (χ0n) is 22.8. The number of hydrogen-bond acceptors (Lipinski definition) is 4. The van der Waals surface area contributed by atoms with Gasteiger partial charge in [-0.1, -0.05) is 80.4 Å². The largest absolute Gasteiger partial charge is 0.488 e. The number of carbonyl (C=O) groups is 1. The maximum Gasteiger partial charge on any atom is 0.259 e. The molecule has 0 bridgehead atoms. The highest BCUT2D eigenvalue weighted by molar-refractivity contribution is 7.16. The van der Waals surface area contributed by atoms with E-state index in [-0.39, 0.29) is 11.3 Å². The van der Waals surface area contributed by atoms with Gasteiger partial charge in [-0.05, 0) is 72.6 Å². The number of halogens is 2. The summed E-state index contributed by atoms with van der Waals surface area (Å²) in [6, 6.07) is 22.6. The lowest BCUT2D eigenvalue weighted by molar-refractivity contribution is 0.102. The first-order valence-corrected chi connectivity index (χ1v) is 15.0. The highest BCUT2D eigenvalue weighted by Crippen LogP contribution is 2.45. The standard InChI is InChI=1S/C33H32Cl2N2O2S/c1-33(2,3)23-13-15-26-29(18-23)40-32(30(26)31(38)37-25-10-5-4-6-11-25)36-19-22-17-24(34)14-16-28(22)39-20-21-9-7-8-12-27(21)35/h4-12,14,16-17,19,23H,13,15,18,20H2,1-3H3,(H,37,38)/t23-/m0/s1. The van der Waals surface area contributed by atoms with Crippen molar-refractivity contribution in [2.75, 3.05) is 5.32 Å². The first-order chi connectivity index (χ1) is 19.2. The number of ether oxygens (including phenoxy) is 1. The zero-order valence-corrected chi connectivity index (χ0v) is 25.2. The molecule has 1 aromatic heterocycles. The molecule has 40 heavy (non-hydrogen) atoms. The lowest BCUT2D eigenvalue weighted by Gasteiger charge is -2.33. The quantitative estimate of drug-likeness (QED) is 0.218. The van der Waals surface area contributed by atoms with Crippen molar-refractivity contribution >= 4 is 57.3 Å². The summed E-state index contributed by atoms with van der Waals surface area (Å²) < 4.78 is 6.13. The number of anilines is 1. The summed E-state index contributed by atoms with van der Waals surface area (Å²) >= 11 is 14.3. The fraction of sp³-hybridized carbons (Fsp3) is 0.273. The molecule has 5 rings (SSSR count). The van der Waals surface area contributed by atoms with Crippen molar-refractivity contribution in [1.82, 2.24) is 0 Å². The molecule has 1 aliphatic carbocycles. The lowest BCUT2D eigenvalue weighted by Crippen LogP contribution is -2.27. The summed E-state index contributed by atoms with van der Waals surface area (Å²) in [5.41, 5.74) is 4.36. The molecule has 0 spiro atoms. The Balaban J connectivity index is 1.48. The van der Waals surface area contributed by atoms with Crippen LogP contribution in [-0.2, 0) is 19.4 Å². The molecule has 1 aliphatic rings. The molecule has 0 saturated heterocycles. The van der Waals surface area contributed by atoms with Crippen molar-refractivity contribution in [3.05, 3.63) is 110 Å². The van der Waals surface area contributed by atoms with Crippen molar-refractivity contribution in [3.8, 4) is 5.75 Å². The SMILES string of the molecule is CC(C)(C)[C@H]1CCc2c(sc(N=Cc3cc(Cl)ccc3OCc3ccccc3Cl)c2C(=O)Nc2ccccc2)C1. The number of hydrogen-bond donors (Lipinski definition) is 1. The number of rotatable bonds is 7. The van der Waals surface area contributed by atoms with E-state index in [9.17, 15) is 4.79 Å². The summed E-state index contributed by atoms with van der Waals surface area (Å²) in [6.07, 6.45) is 4.61. The van der Waals surface area contributed by atoms with Crippen LogP contribution in [0.15, 0.2) is 77.8 Å². The third kappa shape index (κ3) is 6.60. The lowest BCUT2D eigenvalue weighted by atomic mass is 9.72. The molecule has 4 aromatic rings. The van der Waals surface area contributed by atoms with Gasteiger partial charge in [-0.15, -0.1) is 11.3 Å². The van der Waals surface area contributed by atoms with Crippen LogP contribution in [0.4, 0.5) is 10.7 Å². The summed E-state index contributed by atoms with van der Waals surface area (Å²) in [5.74, 6) is 1.06. The van der Waals surface area contributed by atoms with Gasteiger partial charge in [0.1, 0.15) is 17.4 Å². The molecular formula is C33H32Cl2N2O2S. The van der Waals surface area contributed by atoms with E-state index < -0.39 is 0 Å². The van der Waals surface area contributed by atoms with Crippen LogP contribution >= 0.6 is 34.5 Å². The number of thiophene rings is 1. The van der Waals surface area contributed by atoms with E-state index in [4.69, 9.17) is 32.9 Å². The van der Waals surface area contributed by atoms with Gasteiger partial charge in [0.05, 0.1) is 5.56 Å². The fourth-order valence-electron chi connectivity index (χ4n) is 5.00. The minimum absolute atomic E-state index is 0.133. The van der Waals surface area contributed by atoms with E-state index >= 15 is 0 Å². The van der Waals surface area contributed by atoms with Gasteiger partial charge in [-0.3, -0.25) is 4.79 Å². The van der Waals surface area contributed by atoms with Crippen molar-refractivity contribution < 1.29 is 9.53 Å². The molecule has 3 aromatic carbocycles. The molecule has 7 heteroatoms. The normalized spacial score (nSPS) is 15.2. The number of aliphatic imine (C=N–C) groups is 1. The van der Waals surface area contributed by atoms with E-state index in [0.29, 0.717) is 38.9 Å². The number of fused-ring (bicyclic) bond motifs is 1. The monoisotopic (exact) mass is 590 g/mol. The second-order valence-corrected chi connectivity index (χ2v) is 13.1. The minimum atomic E-state index is -0.133. The molecule has 0 unspecified atom stereocenters. The van der Waals surface area contributed by atoms with Gasteiger partial charge < -0.3 is 10.1 Å². The van der Waals surface area contributed by atoms with Crippen LogP contribution in [0.2, 0.25) is 10.0 Å². The molecule has 0 saturated carbocycles. The van der Waals surface area contributed by atoms with Gasteiger partial charge >= 0.3 is 0 Å². The van der Waals surface area contributed by atoms with Crippen LogP contribution in [0.25, 0.3) is 0 Å². The Morgan fingerprint density at radius 3 is 2.58 bits per heavy atom. The number of amides is 1. The maximum atomic E-state index is 13.6. The Kier molecular flexibility index (Phi) is 8.65. The molecule has 0 aliphatic heterocycles. The Hall–Kier alpha value is -3.12. The van der Waals surface area contributed by atoms with Gasteiger partial charge in [0, 0.05) is 38.0 Å². The Bertz CT molecular complexity index is 1540. The first-order valence-electron chi connectivity index (χ1n) is 13.4. The summed E-state index contributed by atoms with van der Waals surface area (Å²) in [4.78, 5) is 19.8. The smallest absolute Gasteiger partial charge is 0.259 e. The van der Waals surface area contributed by atoms with Crippen LogP contribution < -0.4 is 10.1 Å². The van der Waals surface area contributed by atoms with E-state index in [0.717, 1.165) is 41.6 Å². The molecule has 0 fully saturated rings. The van der Waals surface area contributed by atoms with Crippen LogP contribution in [0.5, 0.6) is 5.75 Å². The van der Waals surface area contributed by atoms with Gasteiger partial charge in [0.15, 0.2) is 0 Å². The van der Waals surface area contributed by atoms with Crippen molar-refractivity contribution in [1.29, 1.82) is 0 Å². The number of para-hydroxylation sites is 1.